The highest BCUT2D eigenvalue weighted by Gasteiger charge is 2.23. The molecule has 1 aliphatic heterocycles. The SMILES string of the molecule is CCN1CCN(Cc2cc(C(=O)NN)co2)CC1C. The number of hydrogen-bond donors (Lipinski definition) is 2. The molecule has 1 aromatic rings. The highest BCUT2D eigenvalue weighted by molar-refractivity contribution is 5.93. The fraction of sp³-hybridized carbons (Fsp3) is 0.615. The zero-order valence-electron chi connectivity index (χ0n) is 11.6. The van der Waals surface area contributed by atoms with Crippen LogP contribution in [0, 0.1) is 0 Å². The summed E-state index contributed by atoms with van der Waals surface area (Å²) in [5.74, 6) is 5.57. The van der Waals surface area contributed by atoms with Crippen LogP contribution in [0.4, 0.5) is 0 Å². The predicted octanol–water partition coefficient (Wildman–Crippen LogP) is 0.409. The molecule has 1 aromatic heterocycles. The Morgan fingerprint density at radius 2 is 2.37 bits per heavy atom. The van der Waals surface area contributed by atoms with Gasteiger partial charge in [0.1, 0.15) is 12.0 Å². The Bertz CT molecular complexity index is 432. The molecule has 0 bridgehead atoms. The number of nitrogens with one attached hydrogen (secondary N) is 1. The molecule has 0 saturated carbocycles. The molecule has 19 heavy (non-hydrogen) atoms. The first-order chi connectivity index (χ1) is 9.13. The molecular weight excluding hydrogens is 244 g/mol. The van der Waals surface area contributed by atoms with Crippen molar-refractivity contribution in [3.05, 3.63) is 23.7 Å². The Morgan fingerprint density at radius 1 is 1.58 bits per heavy atom. The maximum Gasteiger partial charge on any atom is 0.268 e. The van der Waals surface area contributed by atoms with Crippen molar-refractivity contribution in [2.75, 3.05) is 26.2 Å². The summed E-state index contributed by atoms with van der Waals surface area (Å²) in [5, 5.41) is 0. The van der Waals surface area contributed by atoms with Gasteiger partial charge in [0.05, 0.1) is 12.1 Å². The number of furan rings is 1. The summed E-state index contributed by atoms with van der Waals surface area (Å²) in [6.45, 7) is 9.39. The average molecular weight is 266 g/mol. The van der Waals surface area contributed by atoms with Gasteiger partial charge in [-0.25, -0.2) is 5.84 Å². The number of piperazine rings is 1. The lowest BCUT2D eigenvalue weighted by Gasteiger charge is -2.38. The van der Waals surface area contributed by atoms with Gasteiger partial charge in [0, 0.05) is 25.7 Å². The van der Waals surface area contributed by atoms with E-state index in [0.717, 1.165) is 38.5 Å². The number of amides is 1. The molecule has 1 fully saturated rings. The van der Waals surface area contributed by atoms with E-state index >= 15 is 0 Å². The van der Waals surface area contributed by atoms with E-state index in [4.69, 9.17) is 10.3 Å². The Balaban J connectivity index is 1.91. The molecule has 0 aromatic carbocycles. The highest BCUT2D eigenvalue weighted by atomic mass is 16.3. The topological polar surface area (TPSA) is 74.7 Å². The van der Waals surface area contributed by atoms with Gasteiger partial charge < -0.3 is 4.42 Å². The smallest absolute Gasteiger partial charge is 0.268 e. The van der Waals surface area contributed by atoms with Crippen molar-refractivity contribution in [3.8, 4) is 0 Å². The lowest BCUT2D eigenvalue weighted by molar-refractivity contribution is 0.0790. The number of likely N-dealkylation sites (N-methyl/N-ethyl adjacent to an activating group) is 1. The van der Waals surface area contributed by atoms with Crippen molar-refractivity contribution >= 4 is 5.91 Å². The van der Waals surface area contributed by atoms with Crippen LogP contribution in [0.1, 0.15) is 30.0 Å². The van der Waals surface area contributed by atoms with Crippen LogP contribution in [0.3, 0.4) is 0 Å². The molecule has 1 atom stereocenters. The molecule has 0 spiro atoms. The highest BCUT2D eigenvalue weighted by Crippen LogP contribution is 2.15. The van der Waals surface area contributed by atoms with Crippen molar-refractivity contribution in [2.24, 2.45) is 5.84 Å². The minimum atomic E-state index is -0.320. The second-order valence-electron chi connectivity index (χ2n) is 4.99. The van der Waals surface area contributed by atoms with Gasteiger partial charge in [-0.1, -0.05) is 6.92 Å². The van der Waals surface area contributed by atoms with Crippen LogP contribution in [-0.4, -0.2) is 47.9 Å². The van der Waals surface area contributed by atoms with Crippen molar-refractivity contribution in [1.82, 2.24) is 15.2 Å². The van der Waals surface area contributed by atoms with Gasteiger partial charge in [-0.3, -0.25) is 20.0 Å². The number of rotatable bonds is 4. The summed E-state index contributed by atoms with van der Waals surface area (Å²) in [6, 6.07) is 2.31. The first-order valence-corrected chi connectivity index (χ1v) is 6.68. The van der Waals surface area contributed by atoms with E-state index in [0.29, 0.717) is 11.6 Å². The molecule has 2 rings (SSSR count). The normalized spacial score (nSPS) is 21.5. The zero-order chi connectivity index (χ0) is 13.8. The maximum atomic E-state index is 11.3. The summed E-state index contributed by atoms with van der Waals surface area (Å²) in [7, 11) is 0. The minimum absolute atomic E-state index is 0.320. The molecule has 6 nitrogen and oxygen atoms in total. The molecule has 0 aliphatic carbocycles. The van der Waals surface area contributed by atoms with Gasteiger partial charge in [-0.05, 0) is 19.5 Å². The Labute approximate surface area is 113 Å². The van der Waals surface area contributed by atoms with Gasteiger partial charge in [0.15, 0.2) is 0 Å². The minimum Gasteiger partial charge on any atom is -0.467 e. The van der Waals surface area contributed by atoms with E-state index in [9.17, 15) is 4.79 Å². The van der Waals surface area contributed by atoms with Crippen LogP contribution in [0.2, 0.25) is 0 Å². The quantitative estimate of drug-likeness (QED) is 0.469. The molecule has 2 heterocycles. The van der Waals surface area contributed by atoms with Gasteiger partial charge in [0.25, 0.3) is 5.91 Å². The van der Waals surface area contributed by atoms with Crippen LogP contribution in [0.15, 0.2) is 16.7 Å². The molecule has 1 saturated heterocycles. The van der Waals surface area contributed by atoms with Crippen molar-refractivity contribution in [2.45, 2.75) is 26.4 Å². The fourth-order valence-electron chi connectivity index (χ4n) is 2.57. The fourth-order valence-corrected chi connectivity index (χ4v) is 2.57. The summed E-state index contributed by atoms with van der Waals surface area (Å²) in [6.07, 6.45) is 1.45. The van der Waals surface area contributed by atoms with Crippen LogP contribution in [0.25, 0.3) is 0 Å². The first kappa shape index (κ1) is 14.0. The van der Waals surface area contributed by atoms with Crippen molar-refractivity contribution in [1.29, 1.82) is 0 Å². The standard InChI is InChI=1S/C13H22N4O2/c1-3-17-5-4-16(7-10(17)2)8-12-6-11(9-19-12)13(18)15-14/h6,9-10H,3-5,7-8,14H2,1-2H3,(H,15,18). The molecule has 0 radical (unpaired) electrons. The first-order valence-electron chi connectivity index (χ1n) is 6.68. The number of hydrogen-bond acceptors (Lipinski definition) is 5. The van der Waals surface area contributed by atoms with E-state index in [1.165, 1.54) is 6.26 Å². The average Bonchev–Trinajstić information content (AvgIpc) is 2.86. The largest absolute Gasteiger partial charge is 0.467 e. The number of hydrazine groups is 1. The molecule has 3 N–H and O–H groups in total. The third-order valence-electron chi connectivity index (χ3n) is 3.68. The molecule has 1 aliphatic rings. The van der Waals surface area contributed by atoms with E-state index in [1.54, 1.807) is 6.07 Å². The van der Waals surface area contributed by atoms with E-state index in [2.05, 4.69) is 29.1 Å². The molecule has 6 heteroatoms. The third-order valence-corrected chi connectivity index (χ3v) is 3.68. The van der Waals surface area contributed by atoms with Crippen LogP contribution in [0.5, 0.6) is 0 Å². The summed E-state index contributed by atoms with van der Waals surface area (Å²) in [4.78, 5) is 16.1. The summed E-state index contributed by atoms with van der Waals surface area (Å²) < 4.78 is 5.41. The monoisotopic (exact) mass is 266 g/mol. The number of carbonyl (C=O) groups excluding carboxylic acids is 1. The molecular formula is C13H22N4O2. The summed E-state index contributed by atoms with van der Waals surface area (Å²) >= 11 is 0. The number of nitrogens with zero attached hydrogens (tertiary/aromatic N) is 2. The van der Waals surface area contributed by atoms with Gasteiger partial charge in [-0.2, -0.15) is 0 Å². The van der Waals surface area contributed by atoms with Gasteiger partial charge in [-0.15, -0.1) is 0 Å². The van der Waals surface area contributed by atoms with Crippen molar-refractivity contribution in [3.63, 3.8) is 0 Å². The zero-order valence-corrected chi connectivity index (χ0v) is 11.6. The van der Waals surface area contributed by atoms with E-state index in [1.807, 2.05) is 0 Å². The van der Waals surface area contributed by atoms with Gasteiger partial charge >= 0.3 is 0 Å². The molecule has 1 unspecified atom stereocenters. The Hall–Kier alpha value is -1.37. The maximum absolute atomic E-state index is 11.3. The Kier molecular flexibility index (Phi) is 4.57. The van der Waals surface area contributed by atoms with Crippen LogP contribution >= 0.6 is 0 Å². The number of carbonyl (C=O) groups is 1. The Morgan fingerprint density at radius 3 is 3.00 bits per heavy atom. The lowest BCUT2D eigenvalue weighted by atomic mass is 10.2. The van der Waals surface area contributed by atoms with Crippen LogP contribution < -0.4 is 11.3 Å². The molecule has 1 amide bonds. The number of nitrogens with two attached hydrogens (primary N) is 1. The molecule has 106 valence electrons. The lowest BCUT2D eigenvalue weighted by Crippen LogP contribution is -2.51. The predicted molar refractivity (Wildman–Crippen MR) is 72.3 cm³/mol. The number of nitrogen functional groups attached to an aromatic ring is 1. The third kappa shape index (κ3) is 3.34. The van der Waals surface area contributed by atoms with Crippen molar-refractivity contribution < 1.29 is 9.21 Å². The van der Waals surface area contributed by atoms with Gasteiger partial charge in [0.2, 0.25) is 0 Å². The van der Waals surface area contributed by atoms with Crippen LogP contribution in [-0.2, 0) is 6.54 Å². The van der Waals surface area contributed by atoms with E-state index < -0.39 is 0 Å². The second-order valence-corrected chi connectivity index (χ2v) is 4.99. The second kappa shape index (κ2) is 6.18. The van der Waals surface area contributed by atoms with E-state index in [-0.39, 0.29) is 5.91 Å². The summed E-state index contributed by atoms with van der Waals surface area (Å²) in [5.41, 5.74) is 2.57.